The van der Waals surface area contributed by atoms with Crippen LogP contribution in [0, 0.1) is 0 Å². The van der Waals surface area contributed by atoms with Gasteiger partial charge in [-0.05, 0) is 54.8 Å². The van der Waals surface area contributed by atoms with E-state index < -0.39 is 9.84 Å². The molecule has 206 valence electrons. The molecule has 0 atom stereocenters. The predicted octanol–water partition coefficient (Wildman–Crippen LogP) is 2.95. The molecule has 2 aromatic carbocycles. The largest absolute Gasteiger partial charge is 0.353 e. The zero-order chi connectivity index (χ0) is 27.2. The van der Waals surface area contributed by atoms with Gasteiger partial charge in [0, 0.05) is 42.5 Å². The van der Waals surface area contributed by atoms with Crippen LogP contribution in [-0.2, 0) is 27.6 Å². The highest BCUT2D eigenvalue weighted by molar-refractivity contribution is 7.91. The lowest BCUT2D eigenvalue weighted by atomic mass is 9.95. The fourth-order valence-corrected chi connectivity index (χ4v) is 6.34. The van der Waals surface area contributed by atoms with Gasteiger partial charge < -0.3 is 10.6 Å². The number of sulfone groups is 1. The summed E-state index contributed by atoms with van der Waals surface area (Å²) in [6.07, 6.45) is 5.80. The molecule has 1 aromatic heterocycles. The summed E-state index contributed by atoms with van der Waals surface area (Å²) in [5.41, 5.74) is 2.91. The van der Waals surface area contributed by atoms with Crippen molar-refractivity contribution in [2.75, 3.05) is 29.9 Å². The fourth-order valence-electron chi connectivity index (χ4n) is 5.06. The van der Waals surface area contributed by atoms with Gasteiger partial charge in [0.05, 0.1) is 17.9 Å². The number of amides is 2. The monoisotopic (exact) mass is 550 g/mol. The van der Waals surface area contributed by atoms with E-state index in [4.69, 9.17) is 0 Å². The van der Waals surface area contributed by atoms with Crippen LogP contribution in [0.5, 0.6) is 0 Å². The number of rotatable bonds is 8. The number of H-pyrrole nitrogens is 1. The summed E-state index contributed by atoms with van der Waals surface area (Å²) in [6.45, 7) is 1.61. The minimum absolute atomic E-state index is 0.0457. The van der Waals surface area contributed by atoms with Gasteiger partial charge in [0.1, 0.15) is 5.82 Å². The van der Waals surface area contributed by atoms with Crippen molar-refractivity contribution in [3.63, 3.8) is 0 Å². The molecule has 10 nitrogen and oxygen atoms in total. The highest BCUT2D eigenvalue weighted by atomic mass is 32.2. The molecule has 1 saturated heterocycles. The Morgan fingerprint density at radius 1 is 1.00 bits per heavy atom. The topological polar surface area (TPSA) is 137 Å². The van der Waals surface area contributed by atoms with E-state index in [2.05, 4.69) is 30.7 Å². The molecule has 2 heterocycles. The third kappa shape index (κ3) is 7.51. The van der Waals surface area contributed by atoms with Crippen LogP contribution in [0.25, 0.3) is 11.4 Å². The third-order valence-electron chi connectivity index (χ3n) is 7.26. The Hall–Kier alpha value is -3.57. The summed E-state index contributed by atoms with van der Waals surface area (Å²) in [7, 11) is -2.93. The van der Waals surface area contributed by atoms with Gasteiger partial charge in [-0.15, -0.1) is 0 Å². The molecule has 3 N–H and O–H groups in total. The third-order valence-corrected chi connectivity index (χ3v) is 8.87. The molecule has 39 heavy (non-hydrogen) atoms. The second-order valence-electron chi connectivity index (χ2n) is 10.3. The molecule has 0 spiro atoms. The van der Waals surface area contributed by atoms with Crippen molar-refractivity contribution in [2.45, 2.75) is 51.1 Å². The maximum Gasteiger partial charge on any atom is 0.255 e. The number of anilines is 1. The molecule has 0 radical (unpaired) electrons. The molecular weight excluding hydrogens is 516 g/mol. The molecule has 3 aromatic rings. The van der Waals surface area contributed by atoms with Crippen LogP contribution in [0.2, 0.25) is 0 Å². The van der Waals surface area contributed by atoms with E-state index >= 15 is 0 Å². The quantitative estimate of drug-likeness (QED) is 0.392. The number of nitrogens with zero attached hydrogens (tertiary/aromatic N) is 3. The van der Waals surface area contributed by atoms with Gasteiger partial charge >= 0.3 is 0 Å². The van der Waals surface area contributed by atoms with E-state index in [1.807, 2.05) is 30.3 Å². The van der Waals surface area contributed by atoms with Gasteiger partial charge in [-0.25, -0.2) is 13.4 Å². The Balaban J connectivity index is 1.14. The first kappa shape index (κ1) is 27.0. The Labute approximate surface area is 228 Å². The SMILES string of the molecule is O=C(Cc1nc(-c2ccc(NC(=O)c3cccc(CN4CCS(=O)(=O)CC4)c3)cc2)n[nH]1)NC1CCCCC1. The van der Waals surface area contributed by atoms with E-state index in [0.29, 0.717) is 42.5 Å². The first-order valence-corrected chi connectivity index (χ1v) is 15.3. The Morgan fingerprint density at radius 2 is 1.74 bits per heavy atom. The lowest BCUT2D eigenvalue weighted by molar-refractivity contribution is -0.121. The van der Waals surface area contributed by atoms with Crippen molar-refractivity contribution in [2.24, 2.45) is 0 Å². The number of hydrogen-bond acceptors (Lipinski definition) is 7. The number of carbonyl (C=O) groups excluding carboxylic acids is 2. The van der Waals surface area contributed by atoms with Crippen LogP contribution in [0.1, 0.15) is 53.8 Å². The summed E-state index contributed by atoms with van der Waals surface area (Å²) >= 11 is 0. The standard InChI is InChI=1S/C28H34N6O4S/c35-26(29-23-7-2-1-3-8-23)18-25-31-27(33-32-25)21-9-11-24(12-10-21)30-28(36)22-6-4-5-20(17-22)19-34-13-15-39(37,38)16-14-34/h4-6,9-12,17,23H,1-3,7-8,13-16,18-19H2,(H,29,35)(H,30,36)(H,31,32,33). The molecule has 1 saturated carbocycles. The van der Waals surface area contributed by atoms with Crippen LogP contribution < -0.4 is 10.6 Å². The smallest absolute Gasteiger partial charge is 0.255 e. The van der Waals surface area contributed by atoms with Gasteiger partial charge in [0.25, 0.3) is 5.91 Å². The minimum Gasteiger partial charge on any atom is -0.353 e. The maximum absolute atomic E-state index is 12.9. The van der Waals surface area contributed by atoms with E-state index in [1.165, 1.54) is 6.42 Å². The van der Waals surface area contributed by atoms with Crippen molar-refractivity contribution in [3.8, 4) is 11.4 Å². The second-order valence-corrected chi connectivity index (χ2v) is 12.6. The number of nitrogens with one attached hydrogen (secondary N) is 3. The van der Waals surface area contributed by atoms with Crippen molar-refractivity contribution in [1.29, 1.82) is 0 Å². The normalized spacial score (nSPS) is 17.9. The molecule has 0 unspecified atom stereocenters. The van der Waals surface area contributed by atoms with Crippen LogP contribution >= 0.6 is 0 Å². The predicted molar refractivity (Wildman–Crippen MR) is 149 cm³/mol. The fraction of sp³-hybridized carbons (Fsp3) is 0.429. The molecule has 2 amide bonds. The van der Waals surface area contributed by atoms with E-state index in [9.17, 15) is 18.0 Å². The molecule has 2 fully saturated rings. The van der Waals surface area contributed by atoms with Crippen LogP contribution in [-0.4, -0.2) is 71.0 Å². The summed E-state index contributed by atoms with van der Waals surface area (Å²) < 4.78 is 23.3. The number of benzene rings is 2. The summed E-state index contributed by atoms with van der Waals surface area (Å²) in [5, 5.41) is 13.1. The van der Waals surface area contributed by atoms with Crippen molar-refractivity contribution in [1.82, 2.24) is 25.4 Å². The summed E-state index contributed by atoms with van der Waals surface area (Å²) in [6, 6.07) is 14.9. The van der Waals surface area contributed by atoms with Gasteiger partial charge in [0.15, 0.2) is 15.7 Å². The summed E-state index contributed by atoms with van der Waals surface area (Å²) in [4.78, 5) is 31.8. The Kier molecular flexibility index (Phi) is 8.37. The van der Waals surface area contributed by atoms with Crippen LogP contribution in [0.15, 0.2) is 48.5 Å². The lowest BCUT2D eigenvalue weighted by Crippen LogP contribution is -2.39. The average Bonchev–Trinajstić information content (AvgIpc) is 3.39. The van der Waals surface area contributed by atoms with E-state index in [-0.39, 0.29) is 35.8 Å². The van der Waals surface area contributed by atoms with Gasteiger partial charge in [-0.2, -0.15) is 5.10 Å². The zero-order valence-corrected chi connectivity index (χ0v) is 22.7. The van der Waals surface area contributed by atoms with Gasteiger partial charge in [0.2, 0.25) is 5.91 Å². The van der Waals surface area contributed by atoms with Crippen molar-refractivity contribution >= 4 is 27.3 Å². The van der Waals surface area contributed by atoms with Crippen molar-refractivity contribution in [3.05, 3.63) is 65.5 Å². The highest BCUT2D eigenvalue weighted by Gasteiger charge is 2.22. The Bertz CT molecular complexity index is 1400. The zero-order valence-electron chi connectivity index (χ0n) is 21.9. The number of hydrogen-bond donors (Lipinski definition) is 3. The number of aromatic nitrogens is 3. The van der Waals surface area contributed by atoms with Crippen LogP contribution in [0.4, 0.5) is 5.69 Å². The van der Waals surface area contributed by atoms with Gasteiger partial charge in [-0.1, -0.05) is 31.4 Å². The molecule has 2 aliphatic rings. The summed E-state index contributed by atoms with van der Waals surface area (Å²) in [5.74, 6) is 1.08. The lowest BCUT2D eigenvalue weighted by Gasteiger charge is -2.26. The molecule has 1 aliphatic heterocycles. The first-order chi connectivity index (χ1) is 18.8. The first-order valence-electron chi connectivity index (χ1n) is 13.5. The number of carbonyl (C=O) groups is 2. The highest BCUT2D eigenvalue weighted by Crippen LogP contribution is 2.20. The Morgan fingerprint density at radius 3 is 2.49 bits per heavy atom. The number of aromatic amines is 1. The van der Waals surface area contributed by atoms with Gasteiger partial charge in [-0.3, -0.25) is 19.6 Å². The average molecular weight is 551 g/mol. The molecule has 11 heteroatoms. The molecule has 5 rings (SSSR count). The van der Waals surface area contributed by atoms with Crippen molar-refractivity contribution < 1.29 is 18.0 Å². The molecule has 0 bridgehead atoms. The molecular formula is C28H34N6O4S. The van der Waals surface area contributed by atoms with E-state index in [1.54, 1.807) is 18.2 Å². The molecule has 1 aliphatic carbocycles. The van der Waals surface area contributed by atoms with Crippen LogP contribution in [0.3, 0.4) is 0 Å². The van der Waals surface area contributed by atoms with E-state index in [0.717, 1.165) is 36.8 Å². The minimum atomic E-state index is -2.93. The second kappa shape index (κ2) is 12.1. The maximum atomic E-state index is 12.9.